The van der Waals surface area contributed by atoms with Crippen LogP contribution in [0.1, 0.15) is 35.7 Å². The average molecular weight is 397 g/mol. The Morgan fingerprint density at radius 1 is 1.07 bits per heavy atom. The van der Waals surface area contributed by atoms with E-state index >= 15 is 0 Å². The molecule has 1 heterocycles. The van der Waals surface area contributed by atoms with Crippen LogP contribution >= 0.6 is 0 Å². The van der Waals surface area contributed by atoms with Gasteiger partial charge in [-0.25, -0.2) is 4.79 Å². The second kappa shape index (κ2) is 7.31. The Balaban J connectivity index is 1.81. The summed E-state index contributed by atoms with van der Waals surface area (Å²) in [6.45, 7) is 2.54. The Morgan fingerprint density at radius 2 is 1.83 bits per heavy atom. The van der Waals surface area contributed by atoms with Crippen LogP contribution < -0.4 is 19.5 Å². The van der Waals surface area contributed by atoms with Crippen molar-refractivity contribution in [2.75, 3.05) is 20.8 Å². The number of hydrogen-bond donors (Lipinski definition) is 1. The lowest BCUT2D eigenvalue weighted by molar-refractivity contribution is -0.153. The highest BCUT2D eigenvalue weighted by molar-refractivity contribution is 5.99. The highest BCUT2D eigenvalue weighted by Gasteiger charge is 2.55. The minimum atomic E-state index is -1.00. The monoisotopic (exact) mass is 397 g/mol. The van der Waals surface area contributed by atoms with E-state index in [1.807, 2.05) is 18.2 Å². The number of carbonyl (C=O) groups excluding carboxylic acids is 2. The molecule has 4 rings (SSSR count). The fourth-order valence-corrected chi connectivity index (χ4v) is 3.55. The minimum Gasteiger partial charge on any atom is -0.493 e. The van der Waals surface area contributed by atoms with Gasteiger partial charge in [0.1, 0.15) is 0 Å². The van der Waals surface area contributed by atoms with Gasteiger partial charge in [0.05, 0.1) is 20.8 Å². The second-order valence-corrected chi connectivity index (χ2v) is 7.05. The molecule has 1 N–H and O–H groups in total. The lowest BCUT2D eigenvalue weighted by atomic mass is 9.99. The Kier molecular flexibility index (Phi) is 4.82. The smallest absolute Gasteiger partial charge is 0.350 e. The zero-order chi connectivity index (χ0) is 20.6. The van der Waals surface area contributed by atoms with Gasteiger partial charge in [0.25, 0.3) is 5.91 Å². The molecule has 7 nitrogen and oxygen atoms in total. The lowest BCUT2D eigenvalue weighted by Gasteiger charge is -2.22. The predicted molar refractivity (Wildman–Crippen MR) is 105 cm³/mol. The molecule has 1 aliphatic carbocycles. The Labute approximate surface area is 168 Å². The van der Waals surface area contributed by atoms with Gasteiger partial charge < -0.3 is 24.3 Å². The normalized spacial score (nSPS) is 15.9. The van der Waals surface area contributed by atoms with E-state index in [4.69, 9.17) is 18.9 Å². The van der Waals surface area contributed by atoms with Gasteiger partial charge in [-0.1, -0.05) is 6.07 Å². The van der Waals surface area contributed by atoms with Crippen molar-refractivity contribution in [2.45, 2.75) is 31.9 Å². The third-order valence-corrected chi connectivity index (χ3v) is 5.25. The number of benzene rings is 2. The Morgan fingerprint density at radius 3 is 2.48 bits per heavy atom. The zero-order valence-corrected chi connectivity index (χ0v) is 16.7. The second-order valence-electron chi connectivity index (χ2n) is 7.05. The van der Waals surface area contributed by atoms with Gasteiger partial charge in [-0.3, -0.25) is 4.79 Å². The fourth-order valence-electron chi connectivity index (χ4n) is 3.55. The molecule has 2 aromatic rings. The minimum absolute atomic E-state index is 0.0745. The summed E-state index contributed by atoms with van der Waals surface area (Å²) in [6, 6.07) is 9.27. The highest BCUT2D eigenvalue weighted by Crippen LogP contribution is 2.50. The molecule has 0 saturated heterocycles. The molecule has 0 spiro atoms. The van der Waals surface area contributed by atoms with Gasteiger partial charge in [0.2, 0.25) is 11.4 Å². The van der Waals surface area contributed by atoms with Gasteiger partial charge in [-0.15, -0.1) is 0 Å². The van der Waals surface area contributed by atoms with E-state index in [-0.39, 0.29) is 18.5 Å². The summed E-state index contributed by atoms with van der Waals surface area (Å²) in [6.07, 6.45) is 1.16. The first-order valence-corrected chi connectivity index (χ1v) is 9.55. The van der Waals surface area contributed by atoms with E-state index in [9.17, 15) is 9.59 Å². The summed E-state index contributed by atoms with van der Waals surface area (Å²) in [5.74, 6) is 0.892. The van der Waals surface area contributed by atoms with Gasteiger partial charge in [-0.2, -0.15) is 0 Å². The maximum absolute atomic E-state index is 12.5. The summed E-state index contributed by atoms with van der Waals surface area (Å²) in [5, 5.41) is 2.82. The maximum atomic E-state index is 12.5. The molecule has 0 radical (unpaired) electrons. The van der Waals surface area contributed by atoms with Crippen LogP contribution in [0, 0.1) is 0 Å². The van der Waals surface area contributed by atoms with Crippen LogP contribution in [0.2, 0.25) is 0 Å². The van der Waals surface area contributed by atoms with Gasteiger partial charge in [0, 0.05) is 30.5 Å². The quantitative estimate of drug-likeness (QED) is 0.723. The van der Waals surface area contributed by atoms with Crippen LogP contribution in [-0.4, -0.2) is 38.3 Å². The van der Waals surface area contributed by atoms with E-state index < -0.39 is 5.60 Å². The van der Waals surface area contributed by atoms with Gasteiger partial charge >= 0.3 is 5.97 Å². The van der Waals surface area contributed by atoms with Crippen LogP contribution in [0.5, 0.6) is 17.2 Å². The van der Waals surface area contributed by atoms with Crippen molar-refractivity contribution in [3.8, 4) is 28.4 Å². The molecule has 0 bridgehead atoms. The molecule has 2 aliphatic rings. The molecule has 0 atom stereocenters. The largest absolute Gasteiger partial charge is 0.493 e. The first kappa shape index (κ1) is 19.1. The number of carbonyl (C=O) groups is 2. The average Bonchev–Trinajstić information content (AvgIpc) is 3.43. The summed E-state index contributed by atoms with van der Waals surface area (Å²) < 4.78 is 22.5. The highest BCUT2D eigenvalue weighted by atomic mass is 16.6. The van der Waals surface area contributed by atoms with Crippen molar-refractivity contribution in [2.24, 2.45) is 0 Å². The fraction of sp³-hybridized carbons (Fsp3) is 0.364. The maximum Gasteiger partial charge on any atom is 0.350 e. The summed E-state index contributed by atoms with van der Waals surface area (Å²) >= 11 is 0. The molecule has 0 unspecified atom stereocenters. The van der Waals surface area contributed by atoms with Crippen molar-refractivity contribution in [3.05, 3.63) is 41.5 Å². The predicted octanol–water partition coefficient (Wildman–Crippen LogP) is 3.09. The standard InChI is InChI=1S/C22H23NO6/c1-4-28-21(25)22(9-10-22)29-18-15(7-8-17(26-2)19(18)27-3)13-5-6-16-14(11-13)12-23-20(16)24/h5-8,11H,4,9-10,12H2,1-3H3,(H,23,24). The molecule has 7 heteroatoms. The van der Waals surface area contributed by atoms with Crippen LogP contribution in [0.3, 0.4) is 0 Å². The molecule has 2 aromatic carbocycles. The van der Waals surface area contributed by atoms with E-state index in [0.717, 1.165) is 16.7 Å². The van der Waals surface area contributed by atoms with Crippen molar-refractivity contribution >= 4 is 11.9 Å². The Bertz CT molecular complexity index is 980. The molecule has 29 heavy (non-hydrogen) atoms. The number of ether oxygens (including phenoxy) is 4. The Hall–Kier alpha value is -3.22. The van der Waals surface area contributed by atoms with E-state index in [1.165, 1.54) is 7.11 Å². The number of hydrogen-bond acceptors (Lipinski definition) is 6. The van der Waals surface area contributed by atoms with Crippen molar-refractivity contribution < 1.29 is 28.5 Å². The van der Waals surface area contributed by atoms with Crippen molar-refractivity contribution in [1.29, 1.82) is 0 Å². The lowest BCUT2D eigenvalue weighted by Crippen LogP contribution is -2.32. The third-order valence-electron chi connectivity index (χ3n) is 5.25. The number of rotatable bonds is 7. The van der Waals surface area contributed by atoms with E-state index in [2.05, 4.69) is 5.32 Å². The molecule has 1 saturated carbocycles. The zero-order valence-electron chi connectivity index (χ0n) is 16.7. The first-order valence-electron chi connectivity index (χ1n) is 9.55. The molecule has 1 amide bonds. The molecule has 0 aromatic heterocycles. The molecular weight excluding hydrogens is 374 g/mol. The molecule has 1 fully saturated rings. The van der Waals surface area contributed by atoms with Crippen molar-refractivity contribution in [1.82, 2.24) is 5.32 Å². The van der Waals surface area contributed by atoms with Crippen LogP contribution in [0.15, 0.2) is 30.3 Å². The van der Waals surface area contributed by atoms with Crippen LogP contribution in [0.25, 0.3) is 11.1 Å². The number of methoxy groups -OCH3 is 2. The number of amides is 1. The number of fused-ring (bicyclic) bond motifs is 1. The van der Waals surface area contributed by atoms with Crippen LogP contribution in [-0.2, 0) is 16.1 Å². The topological polar surface area (TPSA) is 83.1 Å². The molecule has 152 valence electrons. The van der Waals surface area contributed by atoms with Gasteiger partial charge in [-0.05, 0) is 42.3 Å². The molecular formula is C22H23NO6. The summed E-state index contributed by atoms with van der Waals surface area (Å²) in [4.78, 5) is 24.3. The SMILES string of the molecule is CCOC(=O)C1(Oc2c(-c3ccc4c(c3)CNC4=O)ccc(OC)c2OC)CC1. The number of nitrogens with one attached hydrogen (secondary N) is 1. The van der Waals surface area contributed by atoms with Crippen LogP contribution in [0.4, 0.5) is 0 Å². The van der Waals surface area contributed by atoms with Crippen molar-refractivity contribution in [3.63, 3.8) is 0 Å². The first-order chi connectivity index (χ1) is 14.0. The number of esters is 1. The molecule has 1 aliphatic heterocycles. The third kappa shape index (κ3) is 3.26. The van der Waals surface area contributed by atoms with E-state index in [0.29, 0.717) is 42.2 Å². The van der Waals surface area contributed by atoms with Gasteiger partial charge in [0.15, 0.2) is 11.5 Å². The summed E-state index contributed by atoms with van der Waals surface area (Å²) in [5.41, 5.74) is 2.19. The summed E-state index contributed by atoms with van der Waals surface area (Å²) in [7, 11) is 3.08. The van der Waals surface area contributed by atoms with E-state index in [1.54, 1.807) is 26.2 Å².